The summed E-state index contributed by atoms with van der Waals surface area (Å²) in [7, 11) is 0. The lowest BCUT2D eigenvalue weighted by Crippen LogP contribution is -2.38. The van der Waals surface area contributed by atoms with E-state index in [9.17, 15) is 18.0 Å². The molecule has 1 aliphatic heterocycles. The number of benzene rings is 1. The van der Waals surface area contributed by atoms with Crippen molar-refractivity contribution >= 4 is 11.6 Å². The summed E-state index contributed by atoms with van der Waals surface area (Å²) in [5, 5.41) is 3.66. The van der Waals surface area contributed by atoms with Gasteiger partial charge in [-0.25, -0.2) is 18.6 Å². The minimum Gasteiger partial charge on any atom is -0.273 e. The van der Waals surface area contributed by atoms with Crippen molar-refractivity contribution in [2.75, 3.05) is 0 Å². The Balaban J connectivity index is 1.91. The minimum atomic E-state index is -2.19. The Hall–Kier alpha value is -2.37. The number of rotatable bonds is 2. The van der Waals surface area contributed by atoms with Gasteiger partial charge in [-0.3, -0.25) is 4.79 Å². The number of hydrazone groups is 1. The van der Waals surface area contributed by atoms with Crippen LogP contribution in [-0.4, -0.2) is 17.3 Å². The van der Waals surface area contributed by atoms with E-state index in [2.05, 4.69) is 10.5 Å². The molecule has 0 aromatic heterocycles. The topological polar surface area (TPSA) is 41.5 Å². The van der Waals surface area contributed by atoms with E-state index in [0.717, 1.165) is 12.2 Å². The highest BCUT2D eigenvalue weighted by molar-refractivity contribution is 6.01. The van der Waals surface area contributed by atoms with Crippen LogP contribution in [0.5, 0.6) is 0 Å². The third kappa shape index (κ3) is 2.56. The molecule has 1 aromatic carbocycles. The molecule has 3 nitrogen and oxygen atoms in total. The molecule has 2 unspecified atom stereocenters. The number of alkyl halides is 1. The Morgan fingerprint density at radius 3 is 2.64 bits per heavy atom. The van der Waals surface area contributed by atoms with Gasteiger partial charge in [-0.05, 0) is 18.2 Å². The molecule has 6 heteroatoms. The number of hydrogen-bond donors (Lipinski definition) is 1. The highest BCUT2D eigenvalue weighted by Crippen LogP contribution is 2.37. The first kappa shape index (κ1) is 14.6. The van der Waals surface area contributed by atoms with Crippen LogP contribution in [0.2, 0.25) is 0 Å². The number of carbonyl (C=O) groups is 1. The molecule has 1 amide bonds. The molecule has 0 fully saturated rings. The number of halogens is 3. The number of carbonyl (C=O) groups excluding carboxylic acids is 1. The van der Waals surface area contributed by atoms with Crippen molar-refractivity contribution in [2.45, 2.75) is 24.4 Å². The van der Waals surface area contributed by atoms with Gasteiger partial charge in [-0.1, -0.05) is 24.3 Å². The molecule has 114 valence electrons. The average molecular weight is 306 g/mol. The lowest BCUT2D eigenvalue weighted by atomic mass is 9.84. The lowest BCUT2D eigenvalue weighted by Gasteiger charge is -2.27. The van der Waals surface area contributed by atoms with Gasteiger partial charge in [0.15, 0.2) is 5.67 Å². The van der Waals surface area contributed by atoms with Crippen LogP contribution in [0, 0.1) is 5.82 Å². The standard InChI is InChI=1S/C16H13F3N2O/c17-12-4-2-1-3-10(12)11-7-8-16(19,9-13(11)18)14-5-6-15(22)21-20-14/h1-4,7-9,11H,5-6H2,(H,21,22). The summed E-state index contributed by atoms with van der Waals surface area (Å²) in [6.07, 6.45) is 3.45. The predicted molar refractivity (Wildman–Crippen MR) is 76.1 cm³/mol. The second kappa shape index (κ2) is 5.44. The van der Waals surface area contributed by atoms with Crippen molar-refractivity contribution in [3.8, 4) is 0 Å². The molecule has 1 aliphatic carbocycles. The van der Waals surface area contributed by atoms with Gasteiger partial charge in [0.05, 0.1) is 11.6 Å². The summed E-state index contributed by atoms with van der Waals surface area (Å²) in [5.41, 5.74) is 0.170. The van der Waals surface area contributed by atoms with Gasteiger partial charge < -0.3 is 0 Å². The maximum atomic E-state index is 14.8. The number of amides is 1. The molecular weight excluding hydrogens is 293 g/mol. The van der Waals surface area contributed by atoms with Gasteiger partial charge in [-0.15, -0.1) is 0 Å². The zero-order valence-corrected chi connectivity index (χ0v) is 11.5. The molecule has 2 atom stereocenters. The average Bonchev–Trinajstić information content (AvgIpc) is 2.49. The molecule has 22 heavy (non-hydrogen) atoms. The quantitative estimate of drug-likeness (QED) is 0.837. The van der Waals surface area contributed by atoms with E-state index in [4.69, 9.17) is 0 Å². The summed E-state index contributed by atoms with van der Waals surface area (Å²) in [5.74, 6) is -2.59. The second-order valence-corrected chi connectivity index (χ2v) is 5.25. The Morgan fingerprint density at radius 2 is 2.00 bits per heavy atom. The van der Waals surface area contributed by atoms with Crippen molar-refractivity contribution in [1.29, 1.82) is 0 Å². The predicted octanol–water partition coefficient (Wildman–Crippen LogP) is 3.31. The van der Waals surface area contributed by atoms with Crippen LogP contribution >= 0.6 is 0 Å². The van der Waals surface area contributed by atoms with Gasteiger partial charge in [0.1, 0.15) is 11.6 Å². The van der Waals surface area contributed by atoms with Gasteiger partial charge in [-0.2, -0.15) is 5.10 Å². The van der Waals surface area contributed by atoms with Crippen molar-refractivity contribution in [2.24, 2.45) is 5.10 Å². The van der Waals surface area contributed by atoms with Crippen LogP contribution in [0.4, 0.5) is 13.2 Å². The molecule has 1 heterocycles. The molecule has 0 radical (unpaired) electrons. The van der Waals surface area contributed by atoms with Crippen LogP contribution < -0.4 is 5.43 Å². The van der Waals surface area contributed by atoms with E-state index in [1.165, 1.54) is 24.3 Å². The zero-order chi connectivity index (χ0) is 15.7. The molecule has 0 spiro atoms. The Kier molecular flexibility index (Phi) is 3.60. The van der Waals surface area contributed by atoms with Crippen LogP contribution in [0.25, 0.3) is 0 Å². The number of nitrogens with zero attached hydrogens (tertiary/aromatic N) is 1. The van der Waals surface area contributed by atoms with E-state index < -0.39 is 23.2 Å². The number of nitrogens with one attached hydrogen (secondary N) is 1. The Bertz CT molecular complexity index is 711. The molecule has 0 bridgehead atoms. The van der Waals surface area contributed by atoms with Crippen LogP contribution in [-0.2, 0) is 4.79 Å². The lowest BCUT2D eigenvalue weighted by molar-refractivity contribution is -0.121. The maximum absolute atomic E-state index is 14.8. The van der Waals surface area contributed by atoms with E-state index >= 15 is 0 Å². The third-order valence-electron chi connectivity index (χ3n) is 3.76. The summed E-state index contributed by atoms with van der Waals surface area (Å²) in [6.45, 7) is 0. The summed E-state index contributed by atoms with van der Waals surface area (Å²) in [4.78, 5) is 11.0. The Morgan fingerprint density at radius 1 is 1.23 bits per heavy atom. The fourth-order valence-corrected chi connectivity index (χ4v) is 2.58. The molecule has 1 aromatic rings. The first-order valence-corrected chi connectivity index (χ1v) is 6.86. The van der Waals surface area contributed by atoms with E-state index in [-0.39, 0.29) is 30.0 Å². The van der Waals surface area contributed by atoms with E-state index in [1.54, 1.807) is 6.07 Å². The van der Waals surface area contributed by atoms with E-state index in [1.807, 2.05) is 0 Å². The summed E-state index contributed by atoms with van der Waals surface area (Å²) < 4.78 is 42.9. The van der Waals surface area contributed by atoms with Crippen LogP contribution in [0.1, 0.15) is 24.3 Å². The van der Waals surface area contributed by atoms with Crippen molar-refractivity contribution in [3.63, 3.8) is 0 Å². The smallest absolute Gasteiger partial charge is 0.240 e. The van der Waals surface area contributed by atoms with Crippen molar-refractivity contribution < 1.29 is 18.0 Å². The highest BCUT2D eigenvalue weighted by Gasteiger charge is 2.38. The highest BCUT2D eigenvalue weighted by atomic mass is 19.1. The first-order chi connectivity index (χ1) is 10.5. The molecule has 3 rings (SSSR count). The third-order valence-corrected chi connectivity index (χ3v) is 3.76. The largest absolute Gasteiger partial charge is 0.273 e. The maximum Gasteiger partial charge on any atom is 0.240 e. The fraction of sp³-hybridized carbons (Fsp3) is 0.250. The molecular formula is C16H13F3N2O. The molecule has 0 saturated carbocycles. The Labute approximate surface area is 125 Å². The summed E-state index contributed by atoms with van der Waals surface area (Å²) >= 11 is 0. The van der Waals surface area contributed by atoms with Gasteiger partial charge in [0.25, 0.3) is 0 Å². The number of allylic oxidation sites excluding steroid dienone is 4. The van der Waals surface area contributed by atoms with Gasteiger partial charge in [0.2, 0.25) is 5.91 Å². The van der Waals surface area contributed by atoms with Crippen molar-refractivity contribution in [3.05, 3.63) is 59.7 Å². The fourth-order valence-electron chi connectivity index (χ4n) is 2.58. The summed E-state index contributed by atoms with van der Waals surface area (Å²) in [6, 6.07) is 5.79. The van der Waals surface area contributed by atoms with Gasteiger partial charge >= 0.3 is 0 Å². The normalized spacial score (nSPS) is 28.0. The van der Waals surface area contributed by atoms with Crippen LogP contribution in [0.15, 0.2) is 53.4 Å². The van der Waals surface area contributed by atoms with Gasteiger partial charge in [0, 0.05) is 18.4 Å². The van der Waals surface area contributed by atoms with Crippen LogP contribution in [0.3, 0.4) is 0 Å². The second-order valence-electron chi connectivity index (χ2n) is 5.25. The van der Waals surface area contributed by atoms with Crippen molar-refractivity contribution in [1.82, 2.24) is 5.43 Å². The molecule has 2 aliphatic rings. The number of hydrogen-bond acceptors (Lipinski definition) is 2. The SMILES string of the molecule is O=C1CCC(C2(F)C=CC(c3ccccc3F)C(F)=C2)=NN1. The minimum absolute atomic E-state index is 0.0329. The van der Waals surface area contributed by atoms with E-state index in [0.29, 0.717) is 0 Å². The molecule has 1 N–H and O–H groups in total. The zero-order valence-electron chi connectivity index (χ0n) is 11.5. The first-order valence-electron chi connectivity index (χ1n) is 6.86. The monoisotopic (exact) mass is 306 g/mol. The molecule has 0 saturated heterocycles.